The number of aromatic nitrogens is 2. The van der Waals surface area contributed by atoms with Gasteiger partial charge in [-0.25, -0.2) is 4.98 Å². The quantitative estimate of drug-likeness (QED) is 0.646. The molecule has 0 unspecified atom stereocenters. The van der Waals surface area contributed by atoms with Gasteiger partial charge in [0, 0.05) is 23.0 Å². The van der Waals surface area contributed by atoms with E-state index in [1.807, 2.05) is 60.2 Å². The average molecular weight is 395 g/mol. The van der Waals surface area contributed by atoms with Crippen LogP contribution in [0.15, 0.2) is 66.1 Å². The van der Waals surface area contributed by atoms with Gasteiger partial charge >= 0.3 is 0 Å². The molecule has 144 valence electrons. The lowest BCUT2D eigenvalue weighted by molar-refractivity contribution is -0.119. The second kappa shape index (κ2) is 8.39. The molecule has 2 aromatic carbocycles. The largest absolute Gasteiger partial charge is 0.486 e. The highest BCUT2D eigenvalue weighted by Gasteiger charge is 2.14. The first-order chi connectivity index (χ1) is 13.7. The summed E-state index contributed by atoms with van der Waals surface area (Å²) in [6, 6.07) is 13.8. The Bertz CT molecular complexity index is 942. The van der Waals surface area contributed by atoms with Gasteiger partial charge in [-0.1, -0.05) is 12.1 Å². The number of hydrogen-bond donors (Lipinski definition) is 1. The monoisotopic (exact) mass is 395 g/mol. The molecule has 1 N–H and O–H groups in total. The van der Waals surface area contributed by atoms with Gasteiger partial charge in [0.2, 0.25) is 5.91 Å². The lowest BCUT2D eigenvalue weighted by Gasteiger charge is -2.19. The van der Waals surface area contributed by atoms with E-state index < -0.39 is 0 Å². The van der Waals surface area contributed by atoms with Gasteiger partial charge in [0.05, 0.1) is 18.1 Å². The van der Waals surface area contributed by atoms with Crippen molar-refractivity contribution in [3.8, 4) is 17.2 Å². The van der Waals surface area contributed by atoms with E-state index in [1.165, 1.54) is 11.8 Å². The van der Waals surface area contributed by atoms with Crippen molar-refractivity contribution < 1.29 is 14.3 Å². The predicted molar refractivity (Wildman–Crippen MR) is 108 cm³/mol. The predicted octanol–water partition coefficient (Wildman–Crippen LogP) is 3.61. The van der Waals surface area contributed by atoms with E-state index in [0.717, 1.165) is 27.6 Å². The minimum absolute atomic E-state index is 0.00826. The van der Waals surface area contributed by atoms with E-state index in [0.29, 0.717) is 19.0 Å². The van der Waals surface area contributed by atoms with Crippen LogP contribution in [-0.2, 0) is 4.79 Å². The summed E-state index contributed by atoms with van der Waals surface area (Å²) < 4.78 is 13.0. The number of carbonyl (C=O) groups is 1. The third kappa shape index (κ3) is 4.31. The molecule has 3 aromatic rings. The second-order valence-electron chi connectivity index (χ2n) is 6.44. The van der Waals surface area contributed by atoms with Crippen LogP contribution in [0.4, 0.5) is 0 Å². The Morgan fingerprint density at radius 3 is 2.71 bits per heavy atom. The molecule has 1 atom stereocenters. The summed E-state index contributed by atoms with van der Waals surface area (Å²) in [5.41, 5.74) is 2.09. The Morgan fingerprint density at radius 2 is 1.96 bits per heavy atom. The van der Waals surface area contributed by atoms with Crippen molar-refractivity contribution in [1.29, 1.82) is 0 Å². The fourth-order valence-electron chi connectivity index (χ4n) is 2.98. The number of imidazole rings is 1. The first kappa shape index (κ1) is 18.4. The first-order valence-electron chi connectivity index (χ1n) is 9.09. The fraction of sp³-hybridized carbons (Fsp3) is 0.238. The number of nitrogens with zero attached hydrogens (tertiary/aromatic N) is 2. The molecule has 4 rings (SSSR count). The van der Waals surface area contributed by atoms with Gasteiger partial charge in [-0.2, -0.15) is 0 Å². The van der Waals surface area contributed by atoms with Gasteiger partial charge in [0.15, 0.2) is 11.5 Å². The summed E-state index contributed by atoms with van der Waals surface area (Å²) in [5, 5.41) is 3.05. The fourth-order valence-corrected chi connectivity index (χ4v) is 3.71. The summed E-state index contributed by atoms with van der Waals surface area (Å²) in [5.74, 6) is 1.83. The third-order valence-corrected chi connectivity index (χ3v) is 5.45. The lowest BCUT2D eigenvalue weighted by Crippen LogP contribution is -2.28. The van der Waals surface area contributed by atoms with Crippen LogP contribution in [0, 0.1) is 0 Å². The van der Waals surface area contributed by atoms with Crippen LogP contribution < -0.4 is 14.8 Å². The van der Waals surface area contributed by atoms with E-state index in [9.17, 15) is 4.79 Å². The number of hydrogen-bond acceptors (Lipinski definition) is 5. The van der Waals surface area contributed by atoms with Gasteiger partial charge in [-0.05, 0) is 42.8 Å². The van der Waals surface area contributed by atoms with Gasteiger partial charge in [-0.15, -0.1) is 11.8 Å². The van der Waals surface area contributed by atoms with Crippen molar-refractivity contribution in [3.05, 3.63) is 66.7 Å². The summed E-state index contributed by atoms with van der Waals surface area (Å²) in [7, 11) is 0. The molecule has 1 aliphatic rings. The Hall–Kier alpha value is -2.93. The van der Waals surface area contributed by atoms with Crippen molar-refractivity contribution in [2.45, 2.75) is 17.9 Å². The zero-order chi connectivity index (χ0) is 19.3. The Kier molecular flexibility index (Phi) is 5.53. The van der Waals surface area contributed by atoms with E-state index in [4.69, 9.17) is 9.47 Å². The number of fused-ring (bicyclic) bond motifs is 1. The van der Waals surface area contributed by atoms with E-state index in [2.05, 4.69) is 10.3 Å². The summed E-state index contributed by atoms with van der Waals surface area (Å²) in [6.07, 6.45) is 5.40. The van der Waals surface area contributed by atoms with Crippen molar-refractivity contribution in [2.75, 3.05) is 19.0 Å². The van der Waals surface area contributed by atoms with Crippen LogP contribution in [0.25, 0.3) is 5.69 Å². The molecular weight excluding hydrogens is 374 g/mol. The third-order valence-electron chi connectivity index (χ3n) is 4.46. The van der Waals surface area contributed by atoms with Gasteiger partial charge in [0.25, 0.3) is 0 Å². The Balaban J connectivity index is 1.31. The standard InChI is InChI=1S/C21H21N3O3S/c1-15(16-2-4-17(5-3-16)24-9-8-22-14-24)23-21(25)13-28-18-6-7-19-20(12-18)27-11-10-26-19/h2-9,12,14-15H,10-11,13H2,1H3,(H,23,25)/t15-/m0/s1. The number of carbonyl (C=O) groups excluding carboxylic acids is 1. The normalized spacial score (nSPS) is 13.8. The SMILES string of the molecule is C[C@H](NC(=O)CSc1ccc2c(c1)OCCO2)c1ccc(-n2ccnc2)cc1. The topological polar surface area (TPSA) is 65.4 Å². The summed E-state index contributed by atoms with van der Waals surface area (Å²) >= 11 is 1.48. The molecule has 0 bridgehead atoms. The summed E-state index contributed by atoms with van der Waals surface area (Å²) in [6.45, 7) is 3.11. The van der Waals surface area contributed by atoms with Gasteiger partial charge < -0.3 is 19.4 Å². The molecule has 1 aliphatic heterocycles. The molecule has 7 heteroatoms. The molecular formula is C21H21N3O3S. The number of nitrogens with one attached hydrogen (secondary N) is 1. The van der Waals surface area contributed by atoms with Gasteiger partial charge in [-0.3, -0.25) is 4.79 Å². The molecule has 0 radical (unpaired) electrons. The Labute approximate surface area is 167 Å². The van der Waals surface area contributed by atoms with E-state index >= 15 is 0 Å². The molecule has 1 amide bonds. The molecule has 0 spiro atoms. The molecule has 1 aromatic heterocycles. The highest BCUT2D eigenvalue weighted by atomic mass is 32.2. The molecule has 0 saturated carbocycles. The summed E-state index contributed by atoms with van der Waals surface area (Å²) in [4.78, 5) is 17.4. The number of amides is 1. The number of benzene rings is 2. The maximum absolute atomic E-state index is 12.3. The van der Waals surface area contributed by atoms with Crippen molar-refractivity contribution in [2.24, 2.45) is 0 Å². The van der Waals surface area contributed by atoms with Crippen LogP contribution in [-0.4, -0.2) is 34.4 Å². The lowest BCUT2D eigenvalue weighted by atomic mass is 10.1. The minimum atomic E-state index is -0.0646. The van der Waals surface area contributed by atoms with Crippen LogP contribution in [0.3, 0.4) is 0 Å². The zero-order valence-electron chi connectivity index (χ0n) is 15.5. The number of thioether (sulfide) groups is 1. The van der Waals surface area contributed by atoms with Crippen molar-refractivity contribution in [1.82, 2.24) is 14.9 Å². The van der Waals surface area contributed by atoms with E-state index in [1.54, 1.807) is 12.5 Å². The maximum atomic E-state index is 12.3. The maximum Gasteiger partial charge on any atom is 0.230 e. The molecule has 6 nitrogen and oxygen atoms in total. The van der Waals surface area contributed by atoms with Gasteiger partial charge in [0.1, 0.15) is 13.2 Å². The van der Waals surface area contributed by atoms with Crippen LogP contribution in [0.2, 0.25) is 0 Å². The Morgan fingerprint density at radius 1 is 1.18 bits per heavy atom. The molecule has 2 heterocycles. The molecule has 0 fully saturated rings. The first-order valence-corrected chi connectivity index (χ1v) is 10.1. The molecule has 0 aliphatic carbocycles. The average Bonchev–Trinajstić information content (AvgIpc) is 3.27. The van der Waals surface area contributed by atoms with Crippen LogP contribution in [0.5, 0.6) is 11.5 Å². The smallest absolute Gasteiger partial charge is 0.230 e. The number of rotatable bonds is 6. The van der Waals surface area contributed by atoms with Crippen LogP contribution in [0.1, 0.15) is 18.5 Å². The second-order valence-corrected chi connectivity index (χ2v) is 7.49. The van der Waals surface area contributed by atoms with Crippen molar-refractivity contribution >= 4 is 17.7 Å². The molecule has 28 heavy (non-hydrogen) atoms. The molecule has 0 saturated heterocycles. The number of ether oxygens (including phenoxy) is 2. The zero-order valence-corrected chi connectivity index (χ0v) is 16.3. The highest BCUT2D eigenvalue weighted by molar-refractivity contribution is 8.00. The highest BCUT2D eigenvalue weighted by Crippen LogP contribution is 2.34. The minimum Gasteiger partial charge on any atom is -0.486 e. The van der Waals surface area contributed by atoms with Crippen molar-refractivity contribution in [3.63, 3.8) is 0 Å². The van der Waals surface area contributed by atoms with Crippen LogP contribution >= 0.6 is 11.8 Å². The van der Waals surface area contributed by atoms with E-state index in [-0.39, 0.29) is 11.9 Å².